The number of carbonyl (C=O) groups is 1. The molecule has 2 aromatic carbocycles. The molecule has 0 fully saturated rings. The fourth-order valence-electron chi connectivity index (χ4n) is 3.23. The Hall–Kier alpha value is -3.07. The first kappa shape index (κ1) is 22.6. The number of amides is 1. The highest BCUT2D eigenvalue weighted by atomic mass is 35.5. The normalized spacial score (nSPS) is 12.7. The molecule has 1 N–H and O–H groups in total. The van der Waals surface area contributed by atoms with E-state index in [1.165, 1.54) is 12.1 Å². The second-order valence-corrected chi connectivity index (χ2v) is 7.47. The van der Waals surface area contributed by atoms with E-state index in [9.17, 15) is 27.6 Å². The van der Waals surface area contributed by atoms with Crippen LogP contribution in [0.1, 0.15) is 31.9 Å². The molecule has 0 aliphatic carbocycles. The zero-order valence-electron chi connectivity index (χ0n) is 16.7. The third kappa shape index (κ3) is 4.51. The molecule has 1 amide bonds. The lowest BCUT2D eigenvalue weighted by Gasteiger charge is -2.17. The van der Waals surface area contributed by atoms with Crippen LogP contribution in [0.5, 0.6) is 0 Å². The number of para-hydroxylation sites is 1. The second kappa shape index (κ2) is 8.58. The quantitative estimate of drug-likeness (QED) is 0.620. The lowest BCUT2D eigenvalue weighted by molar-refractivity contribution is -0.137. The standard InChI is InChI=1S/C21H19ClF3N3O3/c1-3-12(2)28-19(30)14-6-4-5-7-17(14)27(20(28)31)11-18(29)26-13-8-9-16(22)15(10-13)21(23,24)25/h4-10,12H,3,11H2,1-2H3,(H,26,29)/t12-/m1/s1. The van der Waals surface area contributed by atoms with Crippen LogP contribution >= 0.6 is 11.6 Å². The third-order valence-corrected chi connectivity index (χ3v) is 5.30. The number of anilines is 1. The van der Waals surface area contributed by atoms with E-state index in [1.54, 1.807) is 25.1 Å². The van der Waals surface area contributed by atoms with Crippen molar-refractivity contribution in [2.24, 2.45) is 0 Å². The Kier molecular flexibility index (Phi) is 6.26. The molecule has 0 radical (unpaired) electrons. The summed E-state index contributed by atoms with van der Waals surface area (Å²) in [5.74, 6) is -0.725. The van der Waals surface area contributed by atoms with E-state index in [-0.39, 0.29) is 16.6 Å². The van der Waals surface area contributed by atoms with E-state index in [2.05, 4.69) is 5.32 Å². The Morgan fingerprint density at radius 3 is 2.48 bits per heavy atom. The summed E-state index contributed by atoms with van der Waals surface area (Å²) < 4.78 is 41.4. The van der Waals surface area contributed by atoms with E-state index in [0.29, 0.717) is 6.42 Å². The van der Waals surface area contributed by atoms with Gasteiger partial charge < -0.3 is 5.32 Å². The molecule has 3 rings (SSSR count). The lowest BCUT2D eigenvalue weighted by atomic mass is 10.2. The topological polar surface area (TPSA) is 73.1 Å². The van der Waals surface area contributed by atoms with E-state index in [1.807, 2.05) is 6.92 Å². The van der Waals surface area contributed by atoms with Gasteiger partial charge in [-0.05, 0) is 43.7 Å². The van der Waals surface area contributed by atoms with Crippen LogP contribution in [0, 0.1) is 0 Å². The van der Waals surface area contributed by atoms with Crippen molar-refractivity contribution in [2.45, 2.75) is 39.0 Å². The number of halogens is 4. The Balaban J connectivity index is 2.02. The highest BCUT2D eigenvalue weighted by Crippen LogP contribution is 2.36. The number of carbonyl (C=O) groups excluding carboxylic acids is 1. The van der Waals surface area contributed by atoms with Crippen molar-refractivity contribution in [1.29, 1.82) is 0 Å². The number of hydrogen-bond acceptors (Lipinski definition) is 3. The van der Waals surface area contributed by atoms with Gasteiger partial charge in [0.25, 0.3) is 5.56 Å². The van der Waals surface area contributed by atoms with Gasteiger partial charge in [-0.3, -0.25) is 18.7 Å². The minimum Gasteiger partial charge on any atom is -0.325 e. The second-order valence-electron chi connectivity index (χ2n) is 7.06. The first-order chi connectivity index (χ1) is 14.5. The predicted molar refractivity (Wildman–Crippen MR) is 113 cm³/mol. The molecular formula is C21H19ClF3N3O3. The number of alkyl halides is 3. The molecule has 1 atom stereocenters. The predicted octanol–water partition coefficient (Wildman–Crippen LogP) is 4.45. The van der Waals surface area contributed by atoms with Crippen molar-refractivity contribution in [2.75, 3.05) is 5.32 Å². The van der Waals surface area contributed by atoms with Crippen LogP contribution < -0.4 is 16.6 Å². The first-order valence-corrected chi connectivity index (χ1v) is 9.83. The molecule has 3 aromatic rings. The molecule has 10 heteroatoms. The summed E-state index contributed by atoms with van der Waals surface area (Å²) in [5, 5.41) is 2.13. The van der Waals surface area contributed by atoms with Crippen molar-refractivity contribution in [3.05, 3.63) is 73.9 Å². The smallest absolute Gasteiger partial charge is 0.325 e. The summed E-state index contributed by atoms with van der Waals surface area (Å²) in [6.07, 6.45) is -4.17. The van der Waals surface area contributed by atoms with Crippen molar-refractivity contribution < 1.29 is 18.0 Å². The fraction of sp³-hybridized carbons (Fsp3) is 0.286. The van der Waals surface area contributed by atoms with Gasteiger partial charge in [0, 0.05) is 11.7 Å². The van der Waals surface area contributed by atoms with Crippen LogP contribution in [0.15, 0.2) is 52.1 Å². The molecule has 164 valence electrons. The molecule has 0 aliphatic heterocycles. The zero-order chi connectivity index (χ0) is 22.9. The maximum absolute atomic E-state index is 13.1. The zero-order valence-corrected chi connectivity index (χ0v) is 17.4. The van der Waals surface area contributed by atoms with Gasteiger partial charge in [0.2, 0.25) is 5.91 Å². The monoisotopic (exact) mass is 453 g/mol. The number of fused-ring (bicyclic) bond motifs is 1. The SMILES string of the molecule is CC[C@@H](C)n1c(=O)c2ccccc2n(CC(=O)Nc2ccc(Cl)c(C(F)(F)F)c2)c1=O. The van der Waals surface area contributed by atoms with Gasteiger partial charge in [0.15, 0.2) is 0 Å². The molecule has 0 aliphatic rings. The maximum atomic E-state index is 13.1. The van der Waals surface area contributed by atoms with Crippen LogP contribution in [-0.4, -0.2) is 15.0 Å². The summed E-state index contributed by atoms with van der Waals surface area (Å²) in [6.45, 7) is 3.05. The average molecular weight is 454 g/mol. The van der Waals surface area contributed by atoms with Gasteiger partial charge in [-0.2, -0.15) is 13.2 Å². The Morgan fingerprint density at radius 2 is 1.84 bits per heavy atom. The lowest BCUT2D eigenvalue weighted by Crippen LogP contribution is -2.43. The number of rotatable bonds is 5. The molecule has 1 aromatic heterocycles. The van der Waals surface area contributed by atoms with E-state index in [0.717, 1.165) is 21.3 Å². The number of nitrogens with zero attached hydrogens (tertiary/aromatic N) is 2. The summed E-state index contributed by atoms with van der Waals surface area (Å²) in [7, 11) is 0. The van der Waals surface area contributed by atoms with Gasteiger partial charge in [-0.25, -0.2) is 4.79 Å². The van der Waals surface area contributed by atoms with Gasteiger partial charge >= 0.3 is 11.9 Å². The van der Waals surface area contributed by atoms with Crippen LogP contribution in [0.25, 0.3) is 10.9 Å². The van der Waals surface area contributed by atoms with E-state index < -0.39 is 46.5 Å². The van der Waals surface area contributed by atoms with Crippen molar-refractivity contribution >= 4 is 34.1 Å². The maximum Gasteiger partial charge on any atom is 0.417 e. The van der Waals surface area contributed by atoms with Gasteiger partial charge in [0.1, 0.15) is 6.54 Å². The number of benzene rings is 2. The largest absolute Gasteiger partial charge is 0.417 e. The van der Waals surface area contributed by atoms with E-state index >= 15 is 0 Å². The van der Waals surface area contributed by atoms with Crippen molar-refractivity contribution in [3.63, 3.8) is 0 Å². The number of nitrogens with one attached hydrogen (secondary N) is 1. The minimum absolute atomic E-state index is 0.116. The van der Waals surface area contributed by atoms with Crippen molar-refractivity contribution in [3.8, 4) is 0 Å². The summed E-state index contributed by atoms with van der Waals surface area (Å²) in [4.78, 5) is 38.4. The first-order valence-electron chi connectivity index (χ1n) is 9.45. The summed E-state index contributed by atoms with van der Waals surface area (Å²) in [6, 6.07) is 8.95. The molecule has 6 nitrogen and oxygen atoms in total. The number of aromatic nitrogens is 2. The Bertz CT molecular complexity index is 1260. The molecule has 0 saturated heterocycles. The van der Waals surface area contributed by atoms with Crippen LogP contribution in [0.2, 0.25) is 5.02 Å². The summed E-state index contributed by atoms with van der Waals surface area (Å²) in [5.41, 5.74) is -2.06. The van der Waals surface area contributed by atoms with Gasteiger partial charge in [0.05, 0.1) is 21.5 Å². The molecule has 0 spiro atoms. The fourth-order valence-corrected chi connectivity index (χ4v) is 3.45. The average Bonchev–Trinajstić information content (AvgIpc) is 2.71. The van der Waals surface area contributed by atoms with Crippen LogP contribution in [0.4, 0.5) is 18.9 Å². The molecule has 31 heavy (non-hydrogen) atoms. The van der Waals surface area contributed by atoms with Crippen molar-refractivity contribution in [1.82, 2.24) is 9.13 Å². The Labute approximate surface area is 179 Å². The highest BCUT2D eigenvalue weighted by molar-refractivity contribution is 6.31. The molecule has 0 bridgehead atoms. The Morgan fingerprint density at radius 1 is 1.16 bits per heavy atom. The van der Waals surface area contributed by atoms with E-state index in [4.69, 9.17) is 11.6 Å². The molecule has 0 unspecified atom stereocenters. The summed E-state index contributed by atoms with van der Waals surface area (Å²) >= 11 is 5.60. The molecular weight excluding hydrogens is 435 g/mol. The van der Waals surface area contributed by atoms with Gasteiger partial charge in [-0.15, -0.1) is 0 Å². The van der Waals surface area contributed by atoms with Gasteiger partial charge in [-0.1, -0.05) is 30.7 Å². The third-order valence-electron chi connectivity index (χ3n) is 4.97. The van der Waals surface area contributed by atoms with Crippen LogP contribution in [0.3, 0.4) is 0 Å². The number of hydrogen-bond donors (Lipinski definition) is 1. The molecule has 1 heterocycles. The minimum atomic E-state index is -4.68. The highest BCUT2D eigenvalue weighted by Gasteiger charge is 2.33. The molecule has 0 saturated carbocycles. The van der Waals surface area contributed by atoms with Crippen LogP contribution in [-0.2, 0) is 17.5 Å².